The lowest BCUT2D eigenvalue weighted by Gasteiger charge is -1.97. The predicted octanol–water partition coefficient (Wildman–Crippen LogP) is 3.31. The Morgan fingerprint density at radius 3 is 2.83 bits per heavy atom. The molecule has 7 heteroatoms. The normalized spacial score (nSPS) is 19.9. The van der Waals surface area contributed by atoms with Crippen LogP contribution in [-0.4, -0.2) is 26.6 Å². The lowest BCUT2D eigenvalue weighted by molar-refractivity contribution is 0.378. The van der Waals surface area contributed by atoms with Crippen molar-refractivity contribution in [3.63, 3.8) is 0 Å². The van der Waals surface area contributed by atoms with E-state index < -0.39 is 6.67 Å². The Kier molecular flexibility index (Phi) is 3.40. The van der Waals surface area contributed by atoms with Gasteiger partial charge in [0.1, 0.15) is 12.5 Å². The summed E-state index contributed by atoms with van der Waals surface area (Å²) in [6.07, 6.45) is 4.20. The third-order valence-corrected chi connectivity index (χ3v) is 4.05. The fourth-order valence-corrected chi connectivity index (χ4v) is 2.74. The molecule has 2 atom stereocenters. The first-order valence-electron chi connectivity index (χ1n) is 7.42. The SMILES string of the molecule is FCCn1cc(-c2noc([C@@H]3C[C@H]3c3ccc(F)cc3)n2)cn1. The van der Waals surface area contributed by atoms with Gasteiger partial charge in [-0.2, -0.15) is 10.1 Å². The van der Waals surface area contributed by atoms with Crippen LogP contribution in [-0.2, 0) is 6.54 Å². The summed E-state index contributed by atoms with van der Waals surface area (Å²) in [7, 11) is 0. The van der Waals surface area contributed by atoms with Crippen molar-refractivity contribution in [3.8, 4) is 11.4 Å². The highest BCUT2D eigenvalue weighted by atomic mass is 19.1. The third kappa shape index (κ3) is 2.74. The molecule has 2 heterocycles. The van der Waals surface area contributed by atoms with Crippen molar-refractivity contribution in [1.29, 1.82) is 0 Å². The Morgan fingerprint density at radius 2 is 2.04 bits per heavy atom. The minimum absolute atomic E-state index is 0.169. The van der Waals surface area contributed by atoms with Gasteiger partial charge in [-0.1, -0.05) is 17.3 Å². The van der Waals surface area contributed by atoms with Gasteiger partial charge in [-0.3, -0.25) is 4.68 Å². The molecule has 0 aliphatic heterocycles. The molecule has 0 radical (unpaired) electrons. The molecule has 1 saturated carbocycles. The van der Waals surface area contributed by atoms with Crippen molar-refractivity contribution in [2.75, 3.05) is 6.67 Å². The quantitative estimate of drug-likeness (QED) is 0.724. The second-order valence-electron chi connectivity index (χ2n) is 5.64. The fraction of sp³-hybridized carbons (Fsp3) is 0.312. The number of hydrogen-bond acceptors (Lipinski definition) is 4. The third-order valence-electron chi connectivity index (χ3n) is 4.05. The van der Waals surface area contributed by atoms with Gasteiger partial charge in [-0.25, -0.2) is 8.78 Å². The van der Waals surface area contributed by atoms with E-state index in [1.54, 1.807) is 24.5 Å². The molecule has 118 valence electrons. The van der Waals surface area contributed by atoms with Crippen molar-refractivity contribution in [2.24, 2.45) is 0 Å². The van der Waals surface area contributed by atoms with Crippen LogP contribution in [0.1, 0.15) is 29.7 Å². The van der Waals surface area contributed by atoms with Gasteiger partial charge in [0.2, 0.25) is 11.7 Å². The van der Waals surface area contributed by atoms with Gasteiger partial charge in [-0.05, 0) is 30.0 Å². The molecule has 5 nitrogen and oxygen atoms in total. The molecule has 0 saturated heterocycles. The van der Waals surface area contributed by atoms with Crippen LogP contribution in [0, 0.1) is 5.82 Å². The molecular weight excluding hydrogens is 302 g/mol. The Morgan fingerprint density at radius 1 is 1.22 bits per heavy atom. The lowest BCUT2D eigenvalue weighted by atomic mass is 10.1. The smallest absolute Gasteiger partial charge is 0.230 e. The molecule has 1 fully saturated rings. The first-order chi connectivity index (χ1) is 11.2. The summed E-state index contributed by atoms with van der Waals surface area (Å²) in [4.78, 5) is 4.41. The number of aryl methyl sites for hydroxylation is 1. The minimum Gasteiger partial charge on any atom is -0.339 e. The molecule has 1 aliphatic carbocycles. The van der Waals surface area contributed by atoms with E-state index in [9.17, 15) is 8.78 Å². The van der Waals surface area contributed by atoms with Crippen molar-refractivity contribution in [2.45, 2.75) is 24.8 Å². The largest absolute Gasteiger partial charge is 0.339 e. The van der Waals surface area contributed by atoms with Crippen molar-refractivity contribution in [1.82, 2.24) is 19.9 Å². The Hall–Kier alpha value is -2.57. The summed E-state index contributed by atoms with van der Waals surface area (Å²) in [5, 5.41) is 8.01. The van der Waals surface area contributed by atoms with Crippen LogP contribution < -0.4 is 0 Å². The molecule has 2 aromatic heterocycles. The lowest BCUT2D eigenvalue weighted by Crippen LogP contribution is -1.98. The number of benzene rings is 1. The zero-order chi connectivity index (χ0) is 15.8. The molecule has 0 N–H and O–H groups in total. The maximum absolute atomic E-state index is 13.0. The monoisotopic (exact) mass is 316 g/mol. The summed E-state index contributed by atoms with van der Waals surface area (Å²) in [5.74, 6) is 1.25. The van der Waals surface area contributed by atoms with Crippen LogP contribution in [0.2, 0.25) is 0 Å². The van der Waals surface area contributed by atoms with Gasteiger partial charge in [0.25, 0.3) is 0 Å². The highest BCUT2D eigenvalue weighted by Crippen LogP contribution is 2.54. The van der Waals surface area contributed by atoms with Crippen LogP contribution in [0.3, 0.4) is 0 Å². The molecule has 0 spiro atoms. The maximum atomic E-state index is 13.0. The number of hydrogen-bond donors (Lipinski definition) is 0. The number of nitrogens with zero attached hydrogens (tertiary/aromatic N) is 4. The Labute approximate surface area is 130 Å². The molecular formula is C16H14F2N4O. The average Bonchev–Trinajstić information content (AvgIpc) is 2.97. The zero-order valence-corrected chi connectivity index (χ0v) is 12.2. The van der Waals surface area contributed by atoms with E-state index in [0.29, 0.717) is 17.3 Å². The zero-order valence-electron chi connectivity index (χ0n) is 12.2. The van der Waals surface area contributed by atoms with Crippen LogP contribution in [0.15, 0.2) is 41.2 Å². The molecule has 0 amide bonds. The van der Waals surface area contributed by atoms with Crippen LogP contribution in [0.4, 0.5) is 8.78 Å². The van der Waals surface area contributed by atoms with E-state index >= 15 is 0 Å². The number of halogens is 2. The van der Waals surface area contributed by atoms with E-state index in [0.717, 1.165) is 12.0 Å². The highest BCUT2D eigenvalue weighted by Gasteiger charge is 2.43. The van der Waals surface area contributed by atoms with Crippen LogP contribution in [0.5, 0.6) is 0 Å². The summed E-state index contributed by atoms with van der Waals surface area (Å²) < 4.78 is 32.1. The van der Waals surface area contributed by atoms with Gasteiger partial charge in [-0.15, -0.1) is 0 Å². The summed E-state index contributed by atoms with van der Waals surface area (Å²) in [6, 6.07) is 6.50. The van der Waals surface area contributed by atoms with Crippen molar-refractivity contribution < 1.29 is 13.3 Å². The standard InChI is InChI=1S/C16H14F2N4O/c17-5-6-22-9-11(8-19-22)15-20-16(23-21-15)14-7-13(14)10-1-3-12(18)4-2-10/h1-4,8-9,13-14H,5-7H2/t13-,14+/m0/s1. The minimum atomic E-state index is -0.472. The molecule has 4 rings (SSSR count). The molecule has 3 aromatic rings. The maximum Gasteiger partial charge on any atom is 0.230 e. The van der Waals surface area contributed by atoms with Gasteiger partial charge >= 0.3 is 0 Å². The summed E-state index contributed by atoms with van der Waals surface area (Å²) in [5.41, 5.74) is 1.78. The second-order valence-corrected chi connectivity index (χ2v) is 5.64. The Bertz CT molecular complexity index is 812. The van der Waals surface area contributed by atoms with Gasteiger partial charge in [0.15, 0.2) is 0 Å². The van der Waals surface area contributed by atoms with E-state index in [-0.39, 0.29) is 24.2 Å². The molecule has 1 aromatic carbocycles. The van der Waals surface area contributed by atoms with E-state index in [2.05, 4.69) is 15.2 Å². The van der Waals surface area contributed by atoms with E-state index in [1.807, 2.05) is 0 Å². The van der Waals surface area contributed by atoms with Gasteiger partial charge in [0, 0.05) is 12.1 Å². The van der Waals surface area contributed by atoms with E-state index in [1.165, 1.54) is 16.8 Å². The van der Waals surface area contributed by atoms with E-state index in [4.69, 9.17) is 4.52 Å². The van der Waals surface area contributed by atoms with Gasteiger partial charge < -0.3 is 4.52 Å². The Balaban J connectivity index is 1.49. The van der Waals surface area contributed by atoms with Crippen LogP contribution >= 0.6 is 0 Å². The molecule has 0 bridgehead atoms. The second kappa shape index (κ2) is 5.57. The van der Waals surface area contributed by atoms with Crippen molar-refractivity contribution >= 4 is 0 Å². The first kappa shape index (κ1) is 14.0. The molecule has 1 aliphatic rings. The number of aromatic nitrogens is 4. The molecule has 0 unspecified atom stereocenters. The number of alkyl halides is 1. The summed E-state index contributed by atoms with van der Waals surface area (Å²) >= 11 is 0. The summed E-state index contributed by atoms with van der Waals surface area (Å²) in [6.45, 7) is -0.264. The highest BCUT2D eigenvalue weighted by molar-refractivity contribution is 5.51. The first-order valence-corrected chi connectivity index (χ1v) is 7.42. The van der Waals surface area contributed by atoms with Gasteiger partial charge in [0.05, 0.1) is 18.3 Å². The van der Waals surface area contributed by atoms with Crippen molar-refractivity contribution in [3.05, 3.63) is 53.9 Å². The number of rotatable bonds is 5. The fourth-order valence-electron chi connectivity index (χ4n) is 2.74. The van der Waals surface area contributed by atoms with Crippen LogP contribution in [0.25, 0.3) is 11.4 Å². The predicted molar refractivity (Wildman–Crippen MR) is 78.0 cm³/mol. The average molecular weight is 316 g/mol. The molecule has 23 heavy (non-hydrogen) atoms. The topological polar surface area (TPSA) is 56.7 Å².